The van der Waals surface area contributed by atoms with Crippen LogP contribution in [0, 0.1) is 21.4 Å². The number of carbonyl (C=O) groups is 1. The summed E-state index contributed by atoms with van der Waals surface area (Å²) in [6, 6.07) is 8.15. The summed E-state index contributed by atoms with van der Waals surface area (Å²) < 4.78 is 0. The van der Waals surface area contributed by atoms with Crippen LogP contribution < -0.4 is 5.32 Å². The molecule has 1 aromatic carbocycles. The molecule has 1 aliphatic rings. The molecule has 26 heavy (non-hydrogen) atoms. The molecule has 136 valence electrons. The Morgan fingerprint density at radius 2 is 2.12 bits per heavy atom. The molecule has 1 fully saturated rings. The zero-order chi connectivity index (χ0) is 18.9. The Balaban J connectivity index is 1.82. The van der Waals surface area contributed by atoms with Crippen LogP contribution in [0.25, 0.3) is 6.08 Å². The van der Waals surface area contributed by atoms with Crippen molar-refractivity contribution in [3.8, 4) is 6.07 Å². The van der Waals surface area contributed by atoms with Crippen LogP contribution in [0.15, 0.2) is 30.3 Å². The Labute approximate surface area is 156 Å². The fraction of sp³-hybridized carbons (Fsp3) is 0.353. The lowest BCUT2D eigenvalue weighted by Gasteiger charge is -2.35. The standard InChI is InChI=1S/C17H19N5O3S/c18-7-2-8-20-9-11-21(12-10-20)17(26)19-16(23)6-5-14-3-1-4-15(13-14)22(24)25/h1,3-6,13H,2,8-12H2,(H,19,23,26)/b6-5+. The molecule has 0 aromatic heterocycles. The number of nitriles is 1. The number of nitrogens with zero attached hydrogens (tertiary/aromatic N) is 4. The van der Waals surface area contributed by atoms with Gasteiger partial charge in [-0.15, -0.1) is 0 Å². The number of nitro benzene ring substituents is 1. The van der Waals surface area contributed by atoms with Gasteiger partial charge >= 0.3 is 0 Å². The molecule has 0 saturated carbocycles. The third-order valence-corrected chi connectivity index (χ3v) is 4.30. The summed E-state index contributed by atoms with van der Waals surface area (Å²) in [7, 11) is 0. The minimum Gasteiger partial charge on any atom is -0.346 e. The van der Waals surface area contributed by atoms with Crippen LogP contribution in [0.2, 0.25) is 0 Å². The van der Waals surface area contributed by atoms with Gasteiger partial charge in [-0.25, -0.2) is 0 Å². The predicted molar refractivity (Wildman–Crippen MR) is 101 cm³/mol. The maximum absolute atomic E-state index is 12.0. The molecule has 0 aliphatic carbocycles. The fourth-order valence-electron chi connectivity index (χ4n) is 2.52. The van der Waals surface area contributed by atoms with Crippen LogP contribution in [0.5, 0.6) is 0 Å². The van der Waals surface area contributed by atoms with Gasteiger partial charge in [0.05, 0.1) is 11.0 Å². The van der Waals surface area contributed by atoms with Gasteiger partial charge < -0.3 is 4.90 Å². The van der Waals surface area contributed by atoms with Crippen LogP contribution in [-0.4, -0.2) is 58.5 Å². The van der Waals surface area contributed by atoms with E-state index in [0.717, 1.165) is 19.6 Å². The first kappa shape index (κ1) is 19.5. The van der Waals surface area contributed by atoms with E-state index in [-0.39, 0.29) is 11.6 Å². The Bertz CT molecular complexity index is 751. The van der Waals surface area contributed by atoms with E-state index >= 15 is 0 Å². The molecule has 1 amide bonds. The van der Waals surface area contributed by atoms with E-state index in [4.69, 9.17) is 17.5 Å². The number of piperazine rings is 1. The van der Waals surface area contributed by atoms with Crippen LogP contribution in [0.3, 0.4) is 0 Å². The third-order valence-electron chi connectivity index (χ3n) is 3.94. The van der Waals surface area contributed by atoms with Crippen molar-refractivity contribution in [3.05, 3.63) is 46.0 Å². The van der Waals surface area contributed by atoms with Crippen molar-refractivity contribution >= 4 is 35.0 Å². The van der Waals surface area contributed by atoms with Gasteiger partial charge in [0.15, 0.2) is 5.11 Å². The molecular weight excluding hydrogens is 354 g/mol. The average molecular weight is 373 g/mol. The van der Waals surface area contributed by atoms with Crippen molar-refractivity contribution in [3.63, 3.8) is 0 Å². The maximum atomic E-state index is 12.0. The highest BCUT2D eigenvalue weighted by molar-refractivity contribution is 7.80. The van der Waals surface area contributed by atoms with Crippen LogP contribution in [0.4, 0.5) is 5.69 Å². The van der Waals surface area contributed by atoms with Gasteiger partial charge in [0.1, 0.15) is 0 Å². The Kier molecular flexibility index (Phi) is 7.20. The number of carbonyl (C=O) groups excluding carboxylic acids is 1. The highest BCUT2D eigenvalue weighted by atomic mass is 32.1. The van der Waals surface area contributed by atoms with E-state index in [9.17, 15) is 14.9 Å². The summed E-state index contributed by atoms with van der Waals surface area (Å²) in [6.07, 6.45) is 3.31. The van der Waals surface area contributed by atoms with Crippen molar-refractivity contribution in [1.82, 2.24) is 15.1 Å². The Morgan fingerprint density at radius 3 is 2.77 bits per heavy atom. The summed E-state index contributed by atoms with van der Waals surface area (Å²) in [5.41, 5.74) is 0.531. The number of benzene rings is 1. The molecule has 1 N–H and O–H groups in total. The number of rotatable bonds is 5. The van der Waals surface area contributed by atoms with E-state index in [1.807, 2.05) is 4.90 Å². The van der Waals surface area contributed by atoms with Gasteiger partial charge in [-0.1, -0.05) is 12.1 Å². The predicted octanol–water partition coefficient (Wildman–Crippen LogP) is 1.54. The van der Waals surface area contributed by atoms with Crippen LogP contribution >= 0.6 is 12.2 Å². The Hall–Kier alpha value is -2.83. The van der Waals surface area contributed by atoms with Gasteiger partial charge in [0.2, 0.25) is 5.91 Å². The van der Waals surface area contributed by atoms with E-state index in [0.29, 0.717) is 30.2 Å². The molecule has 9 heteroatoms. The minimum absolute atomic E-state index is 0.0302. The third kappa shape index (κ3) is 5.91. The first-order valence-corrected chi connectivity index (χ1v) is 8.52. The summed E-state index contributed by atoms with van der Waals surface area (Å²) in [5, 5.41) is 22.4. The van der Waals surface area contributed by atoms with E-state index in [2.05, 4.69) is 16.3 Å². The van der Waals surface area contributed by atoms with Gasteiger partial charge in [0, 0.05) is 57.4 Å². The normalized spacial score (nSPS) is 14.8. The monoisotopic (exact) mass is 373 g/mol. The number of non-ortho nitro benzene ring substituents is 1. The van der Waals surface area contributed by atoms with E-state index < -0.39 is 4.92 Å². The lowest BCUT2D eigenvalue weighted by Crippen LogP contribution is -2.52. The largest absolute Gasteiger partial charge is 0.346 e. The molecule has 8 nitrogen and oxygen atoms in total. The van der Waals surface area contributed by atoms with Crippen molar-refractivity contribution in [2.75, 3.05) is 32.7 Å². The molecule has 1 heterocycles. The topological polar surface area (TPSA) is 103 Å². The molecule has 1 saturated heterocycles. The molecule has 0 radical (unpaired) electrons. The second-order valence-corrected chi connectivity index (χ2v) is 6.10. The molecule has 0 atom stereocenters. The highest BCUT2D eigenvalue weighted by Crippen LogP contribution is 2.14. The Morgan fingerprint density at radius 1 is 1.38 bits per heavy atom. The summed E-state index contributed by atoms with van der Waals surface area (Å²) >= 11 is 5.26. The fourth-order valence-corrected chi connectivity index (χ4v) is 2.81. The number of thiocarbonyl (C=S) groups is 1. The van der Waals surface area contributed by atoms with Crippen molar-refractivity contribution < 1.29 is 9.72 Å². The first-order valence-electron chi connectivity index (χ1n) is 8.11. The molecule has 1 aliphatic heterocycles. The summed E-state index contributed by atoms with van der Waals surface area (Å²) in [6.45, 7) is 3.72. The smallest absolute Gasteiger partial charge is 0.270 e. The first-order chi connectivity index (χ1) is 12.5. The number of hydrogen-bond donors (Lipinski definition) is 1. The lowest BCUT2D eigenvalue weighted by molar-refractivity contribution is -0.384. The molecule has 0 spiro atoms. The van der Waals surface area contributed by atoms with Crippen LogP contribution in [0.1, 0.15) is 12.0 Å². The number of amides is 1. The second kappa shape index (κ2) is 9.60. The van der Waals surface area contributed by atoms with Gasteiger partial charge in [-0.05, 0) is 23.9 Å². The maximum Gasteiger partial charge on any atom is 0.270 e. The minimum atomic E-state index is -0.483. The SMILES string of the molecule is N#CCCN1CCN(C(=S)NC(=O)/C=C/c2cccc([N+](=O)[O-])c2)CC1. The molecule has 0 bridgehead atoms. The lowest BCUT2D eigenvalue weighted by atomic mass is 10.2. The zero-order valence-electron chi connectivity index (χ0n) is 14.1. The van der Waals surface area contributed by atoms with Gasteiger partial charge in [-0.3, -0.25) is 25.1 Å². The second-order valence-electron chi connectivity index (χ2n) is 5.72. The zero-order valence-corrected chi connectivity index (χ0v) is 14.9. The number of nitrogens with one attached hydrogen (secondary N) is 1. The van der Waals surface area contributed by atoms with E-state index in [1.165, 1.54) is 24.3 Å². The molecule has 0 unspecified atom stereocenters. The van der Waals surface area contributed by atoms with Crippen molar-refractivity contribution in [2.45, 2.75) is 6.42 Å². The summed E-state index contributed by atoms with van der Waals surface area (Å²) in [4.78, 5) is 26.4. The molecule has 2 rings (SSSR count). The number of hydrogen-bond acceptors (Lipinski definition) is 6. The molecular formula is C17H19N5O3S. The molecule has 1 aromatic rings. The highest BCUT2D eigenvalue weighted by Gasteiger charge is 2.19. The van der Waals surface area contributed by atoms with E-state index in [1.54, 1.807) is 12.1 Å². The average Bonchev–Trinajstić information content (AvgIpc) is 2.65. The quantitative estimate of drug-likeness (QED) is 0.361. The van der Waals surface area contributed by atoms with Crippen LogP contribution in [-0.2, 0) is 4.79 Å². The van der Waals surface area contributed by atoms with Gasteiger partial charge in [-0.2, -0.15) is 5.26 Å². The van der Waals surface area contributed by atoms with Crippen molar-refractivity contribution in [1.29, 1.82) is 5.26 Å². The summed E-state index contributed by atoms with van der Waals surface area (Å²) in [5.74, 6) is -0.381. The van der Waals surface area contributed by atoms with Crippen molar-refractivity contribution in [2.24, 2.45) is 0 Å². The number of nitro groups is 1. The van der Waals surface area contributed by atoms with Gasteiger partial charge in [0.25, 0.3) is 5.69 Å².